The summed E-state index contributed by atoms with van der Waals surface area (Å²) in [7, 11) is 0. The van der Waals surface area contributed by atoms with E-state index in [0.717, 1.165) is 0 Å². The topological polar surface area (TPSA) is 72.9 Å². The lowest BCUT2D eigenvalue weighted by Gasteiger charge is -2.07. The molecule has 1 aromatic heterocycles. The lowest BCUT2D eigenvalue weighted by Crippen LogP contribution is -2.28. The number of benzene rings is 1. The molecule has 0 aliphatic carbocycles. The van der Waals surface area contributed by atoms with Crippen molar-refractivity contribution in [2.24, 2.45) is 0 Å². The molecule has 2 rings (SSSR count). The first-order chi connectivity index (χ1) is 9.06. The monoisotopic (exact) mass is 262 g/mol. The quantitative estimate of drug-likeness (QED) is 0.873. The number of carbonyl (C=O) groups excluding carboxylic acids is 1. The second-order valence-electron chi connectivity index (χ2n) is 4.25. The van der Waals surface area contributed by atoms with Crippen LogP contribution in [0.4, 0.5) is 10.1 Å². The fourth-order valence-electron chi connectivity index (χ4n) is 1.76. The van der Waals surface area contributed by atoms with Crippen molar-refractivity contribution in [3.8, 4) is 0 Å². The summed E-state index contributed by atoms with van der Waals surface area (Å²) in [4.78, 5) is 11.9. The lowest BCUT2D eigenvalue weighted by atomic mass is 10.1. The van der Waals surface area contributed by atoms with Crippen molar-refractivity contribution in [3.63, 3.8) is 0 Å². The highest BCUT2D eigenvalue weighted by molar-refractivity contribution is 5.95. The number of carbonyl (C=O) groups is 1. The zero-order chi connectivity index (χ0) is 13.8. The molecule has 0 saturated heterocycles. The fourth-order valence-corrected chi connectivity index (χ4v) is 1.76. The number of hydrogen-bond donors (Lipinski definition) is 2. The molecule has 0 radical (unpaired) electrons. The maximum Gasteiger partial charge on any atom is 0.251 e. The molecule has 0 fully saturated rings. The van der Waals surface area contributed by atoms with Gasteiger partial charge in [-0.2, -0.15) is 5.10 Å². The van der Waals surface area contributed by atoms with Gasteiger partial charge in [0.25, 0.3) is 5.91 Å². The van der Waals surface area contributed by atoms with Crippen LogP contribution in [-0.4, -0.2) is 22.2 Å². The van der Waals surface area contributed by atoms with E-state index in [1.165, 1.54) is 18.2 Å². The maximum absolute atomic E-state index is 12.9. The van der Waals surface area contributed by atoms with Gasteiger partial charge in [-0.05, 0) is 30.7 Å². The predicted molar refractivity (Wildman–Crippen MR) is 70.1 cm³/mol. The molecule has 3 N–H and O–H groups in total. The Hall–Kier alpha value is -2.37. The Morgan fingerprint density at radius 3 is 2.95 bits per heavy atom. The highest BCUT2D eigenvalue weighted by atomic mass is 19.1. The lowest BCUT2D eigenvalue weighted by molar-refractivity contribution is 0.0951. The number of nitrogens with two attached hydrogens (primary N) is 1. The molecule has 0 saturated carbocycles. The van der Waals surface area contributed by atoms with Gasteiger partial charge in [0.15, 0.2) is 0 Å². The Labute approximate surface area is 110 Å². The number of nitrogens with zero attached hydrogens (tertiary/aromatic N) is 2. The molecular weight excluding hydrogens is 247 g/mol. The van der Waals surface area contributed by atoms with Gasteiger partial charge in [-0.1, -0.05) is 0 Å². The van der Waals surface area contributed by atoms with E-state index in [0.29, 0.717) is 29.9 Å². The molecule has 100 valence electrons. The summed E-state index contributed by atoms with van der Waals surface area (Å²) >= 11 is 0. The van der Waals surface area contributed by atoms with E-state index in [2.05, 4.69) is 10.4 Å². The van der Waals surface area contributed by atoms with Crippen LogP contribution in [0.25, 0.3) is 0 Å². The summed E-state index contributed by atoms with van der Waals surface area (Å²) in [6.45, 7) is 2.66. The fraction of sp³-hybridized carbons (Fsp3) is 0.231. The van der Waals surface area contributed by atoms with Crippen LogP contribution in [0.2, 0.25) is 0 Å². The van der Waals surface area contributed by atoms with Gasteiger partial charge in [0.1, 0.15) is 5.82 Å². The highest BCUT2D eigenvalue weighted by Gasteiger charge is 2.08. The minimum absolute atomic E-state index is 0.224. The molecule has 0 bridgehead atoms. The Morgan fingerprint density at radius 2 is 2.32 bits per heavy atom. The largest absolute Gasteiger partial charge is 0.396 e. The van der Waals surface area contributed by atoms with E-state index in [4.69, 9.17) is 5.73 Å². The summed E-state index contributed by atoms with van der Waals surface area (Å²) in [5, 5.41) is 6.76. The van der Waals surface area contributed by atoms with E-state index < -0.39 is 0 Å². The summed E-state index contributed by atoms with van der Waals surface area (Å²) < 4.78 is 14.6. The van der Waals surface area contributed by atoms with Gasteiger partial charge in [-0.3, -0.25) is 9.48 Å². The molecular formula is C13H15FN4O. The van der Waals surface area contributed by atoms with Crippen molar-refractivity contribution in [2.75, 3.05) is 12.3 Å². The number of amides is 1. The number of halogens is 1. The Kier molecular flexibility index (Phi) is 3.79. The number of nitrogens with one attached hydrogen (secondary N) is 1. The van der Waals surface area contributed by atoms with Gasteiger partial charge in [0.2, 0.25) is 0 Å². The molecule has 19 heavy (non-hydrogen) atoms. The molecule has 2 aromatic rings. The van der Waals surface area contributed by atoms with Gasteiger partial charge in [0.05, 0.1) is 18.4 Å². The molecule has 0 aliphatic rings. The van der Waals surface area contributed by atoms with Gasteiger partial charge in [-0.25, -0.2) is 4.39 Å². The summed E-state index contributed by atoms with van der Waals surface area (Å²) in [6, 6.07) is 4.09. The van der Waals surface area contributed by atoms with E-state index in [1.54, 1.807) is 24.0 Å². The van der Waals surface area contributed by atoms with Crippen LogP contribution in [-0.2, 0) is 6.54 Å². The van der Waals surface area contributed by atoms with E-state index in [1.807, 2.05) is 0 Å². The molecule has 5 nitrogen and oxygen atoms in total. The SMILES string of the molecule is Cc1cc(F)ccc1C(=O)NCCn1cc(N)cn1. The zero-order valence-electron chi connectivity index (χ0n) is 10.6. The summed E-state index contributed by atoms with van der Waals surface area (Å²) in [5.41, 5.74) is 7.20. The van der Waals surface area contributed by atoms with Crippen molar-refractivity contribution in [1.29, 1.82) is 0 Å². The molecule has 1 aromatic carbocycles. The van der Waals surface area contributed by atoms with Gasteiger partial charge >= 0.3 is 0 Å². The van der Waals surface area contributed by atoms with Crippen molar-refractivity contribution >= 4 is 11.6 Å². The van der Waals surface area contributed by atoms with Crippen LogP contribution in [0.1, 0.15) is 15.9 Å². The average Bonchev–Trinajstić information content (AvgIpc) is 2.75. The van der Waals surface area contributed by atoms with Crippen LogP contribution in [0.5, 0.6) is 0 Å². The molecule has 0 atom stereocenters. The third-order valence-electron chi connectivity index (χ3n) is 2.71. The van der Waals surface area contributed by atoms with Crippen LogP contribution in [0, 0.1) is 12.7 Å². The third-order valence-corrected chi connectivity index (χ3v) is 2.71. The number of hydrogen-bond acceptors (Lipinski definition) is 3. The highest BCUT2D eigenvalue weighted by Crippen LogP contribution is 2.09. The van der Waals surface area contributed by atoms with E-state index in [-0.39, 0.29) is 11.7 Å². The minimum Gasteiger partial charge on any atom is -0.396 e. The van der Waals surface area contributed by atoms with Crippen molar-refractivity contribution < 1.29 is 9.18 Å². The van der Waals surface area contributed by atoms with E-state index >= 15 is 0 Å². The minimum atomic E-state index is -0.346. The summed E-state index contributed by atoms with van der Waals surface area (Å²) in [6.07, 6.45) is 3.24. The van der Waals surface area contributed by atoms with E-state index in [9.17, 15) is 9.18 Å². The Bertz CT molecular complexity index is 594. The number of nitrogen functional groups attached to an aromatic ring is 1. The van der Waals surface area contributed by atoms with Crippen molar-refractivity contribution in [2.45, 2.75) is 13.5 Å². The number of aryl methyl sites for hydroxylation is 1. The molecule has 1 heterocycles. The summed E-state index contributed by atoms with van der Waals surface area (Å²) in [5.74, 6) is -0.571. The van der Waals surface area contributed by atoms with Gasteiger partial charge in [-0.15, -0.1) is 0 Å². The second-order valence-corrected chi connectivity index (χ2v) is 4.25. The van der Waals surface area contributed by atoms with Crippen molar-refractivity contribution in [1.82, 2.24) is 15.1 Å². The first kappa shape index (κ1) is 13.1. The second kappa shape index (κ2) is 5.51. The molecule has 0 unspecified atom stereocenters. The van der Waals surface area contributed by atoms with Gasteiger partial charge < -0.3 is 11.1 Å². The van der Waals surface area contributed by atoms with Crippen LogP contribution in [0.3, 0.4) is 0 Å². The number of aromatic nitrogens is 2. The standard InChI is InChI=1S/C13H15FN4O/c1-9-6-10(14)2-3-12(9)13(19)16-4-5-18-8-11(15)7-17-18/h2-3,6-8H,4-5,15H2,1H3,(H,16,19). The maximum atomic E-state index is 12.9. The molecule has 1 amide bonds. The van der Waals surface area contributed by atoms with Gasteiger partial charge in [0, 0.05) is 18.3 Å². The zero-order valence-corrected chi connectivity index (χ0v) is 10.6. The molecule has 0 spiro atoms. The number of rotatable bonds is 4. The Morgan fingerprint density at radius 1 is 1.53 bits per heavy atom. The normalized spacial score (nSPS) is 10.4. The smallest absolute Gasteiger partial charge is 0.251 e. The Balaban J connectivity index is 1.90. The van der Waals surface area contributed by atoms with Crippen LogP contribution >= 0.6 is 0 Å². The molecule has 6 heteroatoms. The molecule has 0 aliphatic heterocycles. The van der Waals surface area contributed by atoms with Crippen LogP contribution in [0.15, 0.2) is 30.6 Å². The number of anilines is 1. The first-order valence-corrected chi connectivity index (χ1v) is 5.88. The first-order valence-electron chi connectivity index (χ1n) is 5.88. The predicted octanol–water partition coefficient (Wildman–Crippen LogP) is 1.34. The van der Waals surface area contributed by atoms with Crippen molar-refractivity contribution in [3.05, 3.63) is 47.5 Å². The van der Waals surface area contributed by atoms with Crippen LogP contribution < -0.4 is 11.1 Å². The average molecular weight is 262 g/mol. The third kappa shape index (κ3) is 3.31.